The van der Waals surface area contributed by atoms with E-state index in [1.54, 1.807) is 12.1 Å². The molecule has 18 heavy (non-hydrogen) atoms. The molecule has 1 aromatic rings. The van der Waals surface area contributed by atoms with Gasteiger partial charge in [0.15, 0.2) is 0 Å². The van der Waals surface area contributed by atoms with E-state index in [-0.39, 0.29) is 5.82 Å². The van der Waals surface area contributed by atoms with Crippen molar-refractivity contribution >= 4 is 11.6 Å². The quantitative estimate of drug-likeness (QED) is 0.769. The molecule has 1 aliphatic carbocycles. The number of nitrogens with one attached hydrogen (secondary N) is 1. The van der Waals surface area contributed by atoms with Gasteiger partial charge in [-0.3, -0.25) is 0 Å². The zero-order valence-corrected chi connectivity index (χ0v) is 11.6. The third-order valence-electron chi connectivity index (χ3n) is 3.90. The van der Waals surface area contributed by atoms with Gasteiger partial charge in [-0.25, -0.2) is 4.39 Å². The fourth-order valence-corrected chi connectivity index (χ4v) is 2.82. The molecule has 1 aromatic carbocycles. The van der Waals surface area contributed by atoms with Crippen molar-refractivity contribution in [2.75, 3.05) is 13.1 Å². The van der Waals surface area contributed by atoms with E-state index in [1.807, 2.05) is 0 Å². The number of halogens is 2. The molecule has 0 radical (unpaired) electrons. The molecule has 0 saturated heterocycles. The lowest BCUT2D eigenvalue weighted by molar-refractivity contribution is 0.171. The standard InChI is InChI=1S/C15H21ClFN/c1-2-7-18-10-12-4-3-11(12)8-13-9-14(17)5-6-15(13)16/h5-6,9,11-12,18H,2-4,7-8,10H2,1H3. The van der Waals surface area contributed by atoms with Crippen LogP contribution in [0.1, 0.15) is 31.7 Å². The molecule has 1 aliphatic rings. The van der Waals surface area contributed by atoms with Crippen LogP contribution < -0.4 is 5.32 Å². The molecular weight excluding hydrogens is 249 g/mol. The van der Waals surface area contributed by atoms with Crippen molar-refractivity contribution in [3.8, 4) is 0 Å². The van der Waals surface area contributed by atoms with Crippen LogP contribution in [0.15, 0.2) is 18.2 Å². The zero-order valence-electron chi connectivity index (χ0n) is 10.9. The third-order valence-corrected chi connectivity index (χ3v) is 4.27. The molecule has 0 bridgehead atoms. The van der Waals surface area contributed by atoms with Gasteiger partial charge in [0, 0.05) is 5.02 Å². The van der Waals surface area contributed by atoms with E-state index in [0.717, 1.165) is 31.0 Å². The van der Waals surface area contributed by atoms with Crippen molar-refractivity contribution in [2.24, 2.45) is 11.8 Å². The first-order chi connectivity index (χ1) is 8.70. The van der Waals surface area contributed by atoms with Crippen LogP contribution in [-0.2, 0) is 6.42 Å². The Morgan fingerprint density at radius 1 is 1.33 bits per heavy atom. The monoisotopic (exact) mass is 269 g/mol. The third kappa shape index (κ3) is 3.46. The summed E-state index contributed by atoms with van der Waals surface area (Å²) in [5.41, 5.74) is 0.960. The maximum Gasteiger partial charge on any atom is 0.123 e. The van der Waals surface area contributed by atoms with Crippen LogP contribution in [0.3, 0.4) is 0 Å². The van der Waals surface area contributed by atoms with Crippen LogP contribution in [0.25, 0.3) is 0 Å². The number of rotatable bonds is 6. The Morgan fingerprint density at radius 2 is 2.11 bits per heavy atom. The summed E-state index contributed by atoms with van der Waals surface area (Å²) >= 11 is 6.11. The molecule has 100 valence electrons. The van der Waals surface area contributed by atoms with Gasteiger partial charge in [0.1, 0.15) is 5.82 Å². The average molecular weight is 270 g/mol. The second kappa shape index (κ2) is 6.53. The van der Waals surface area contributed by atoms with E-state index >= 15 is 0 Å². The van der Waals surface area contributed by atoms with Crippen LogP contribution in [-0.4, -0.2) is 13.1 Å². The fraction of sp³-hybridized carbons (Fsp3) is 0.600. The zero-order chi connectivity index (χ0) is 13.0. The number of hydrogen-bond acceptors (Lipinski definition) is 1. The van der Waals surface area contributed by atoms with Crippen molar-refractivity contribution < 1.29 is 4.39 Å². The SMILES string of the molecule is CCCNCC1CCC1Cc1cc(F)ccc1Cl. The summed E-state index contributed by atoms with van der Waals surface area (Å²) in [4.78, 5) is 0. The van der Waals surface area contributed by atoms with Crippen LogP contribution in [0.4, 0.5) is 4.39 Å². The van der Waals surface area contributed by atoms with Crippen molar-refractivity contribution in [1.29, 1.82) is 0 Å². The lowest BCUT2D eigenvalue weighted by Gasteiger charge is -2.37. The highest BCUT2D eigenvalue weighted by atomic mass is 35.5. The molecular formula is C15H21ClFN. The average Bonchev–Trinajstić information content (AvgIpc) is 2.34. The maximum atomic E-state index is 13.2. The Labute approximate surface area is 114 Å². The number of hydrogen-bond donors (Lipinski definition) is 1. The van der Waals surface area contributed by atoms with Gasteiger partial charge < -0.3 is 5.32 Å². The van der Waals surface area contributed by atoms with Crippen LogP contribution in [0.5, 0.6) is 0 Å². The molecule has 0 spiro atoms. The molecule has 1 saturated carbocycles. The van der Waals surface area contributed by atoms with Crippen LogP contribution >= 0.6 is 11.6 Å². The van der Waals surface area contributed by atoms with E-state index in [9.17, 15) is 4.39 Å². The molecule has 1 nitrogen and oxygen atoms in total. The fourth-order valence-electron chi connectivity index (χ4n) is 2.62. The minimum atomic E-state index is -0.186. The molecule has 0 aliphatic heterocycles. The molecule has 0 heterocycles. The minimum Gasteiger partial charge on any atom is -0.316 e. The Bertz CT molecular complexity index is 394. The summed E-state index contributed by atoms with van der Waals surface area (Å²) in [7, 11) is 0. The molecule has 2 rings (SSSR count). The predicted octanol–water partition coefficient (Wildman–Crippen LogP) is 4.05. The molecule has 0 aromatic heterocycles. The van der Waals surface area contributed by atoms with Gasteiger partial charge >= 0.3 is 0 Å². The minimum absolute atomic E-state index is 0.186. The van der Waals surface area contributed by atoms with Gasteiger partial charge in [0.05, 0.1) is 0 Å². The van der Waals surface area contributed by atoms with Crippen molar-refractivity contribution in [3.05, 3.63) is 34.6 Å². The van der Waals surface area contributed by atoms with Crippen molar-refractivity contribution in [1.82, 2.24) is 5.32 Å². The van der Waals surface area contributed by atoms with Crippen LogP contribution in [0.2, 0.25) is 5.02 Å². The summed E-state index contributed by atoms with van der Waals surface area (Å²) in [5, 5.41) is 4.17. The highest BCUT2D eigenvalue weighted by Gasteiger charge is 2.30. The summed E-state index contributed by atoms with van der Waals surface area (Å²) in [6.45, 7) is 4.35. The van der Waals surface area contributed by atoms with Gasteiger partial charge in [-0.05, 0) is 74.4 Å². The van der Waals surface area contributed by atoms with E-state index in [2.05, 4.69) is 12.2 Å². The second-order valence-electron chi connectivity index (χ2n) is 5.24. The normalized spacial score (nSPS) is 22.8. The Hall–Kier alpha value is -0.600. The number of benzene rings is 1. The van der Waals surface area contributed by atoms with E-state index in [0.29, 0.717) is 10.9 Å². The first-order valence-electron chi connectivity index (χ1n) is 6.85. The van der Waals surface area contributed by atoms with Gasteiger partial charge in [0.2, 0.25) is 0 Å². The van der Waals surface area contributed by atoms with E-state index in [4.69, 9.17) is 11.6 Å². The highest BCUT2D eigenvalue weighted by Crippen LogP contribution is 2.37. The second-order valence-corrected chi connectivity index (χ2v) is 5.65. The lowest BCUT2D eigenvalue weighted by atomic mass is 9.70. The molecule has 0 amide bonds. The maximum absolute atomic E-state index is 13.2. The smallest absolute Gasteiger partial charge is 0.123 e. The predicted molar refractivity (Wildman–Crippen MR) is 74.5 cm³/mol. The van der Waals surface area contributed by atoms with Gasteiger partial charge in [-0.2, -0.15) is 0 Å². The summed E-state index contributed by atoms with van der Waals surface area (Å²) in [5.74, 6) is 1.21. The highest BCUT2D eigenvalue weighted by molar-refractivity contribution is 6.31. The summed E-state index contributed by atoms with van der Waals surface area (Å²) < 4.78 is 13.2. The van der Waals surface area contributed by atoms with Crippen molar-refractivity contribution in [3.63, 3.8) is 0 Å². The van der Waals surface area contributed by atoms with Gasteiger partial charge in [-0.1, -0.05) is 18.5 Å². The Morgan fingerprint density at radius 3 is 2.78 bits per heavy atom. The van der Waals surface area contributed by atoms with E-state index in [1.165, 1.54) is 25.3 Å². The van der Waals surface area contributed by atoms with Gasteiger partial charge in [0.25, 0.3) is 0 Å². The lowest BCUT2D eigenvalue weighted by Crippen LogP contribution is -2.36. The van der Waals surface area contributed by atoms with Crippen molar-refractivity contribution in [2.45, 2.75) is 32.6 Å². The first-order valence-corrected chi connectivity index (χ1v) is 7.23. The molecule has 2 unspecified atom stereocenters. The summed E-state index contributed by atoms with van der Waals surface area (Å²) in [6.07, 6.45) is 4.61. The topological polar surface area (TPSA) is 12.0 Å². The van der Waals surface area contributed by atoms with Gasteiger partial charge in [-0.15, -0.1) is 0 Å². The van der Waals surface area contributed by atoms with Crippen LogP contribution in [0, 0.1) is 17.7 Å². The largest absolute Gasteiger partial charge is 0.316 e. The molecule has 2 atom stereocenters. The first kappa shape index (κ1) is 13.8. The molecule has 3 heteroatoms. The Balaban J connectivity index is 1.87. The Kier molecular flexibility index (Phi) is 5.02. The summed E-state index contributed by atoms with van der Waals surface area (Å²) in [6, 6.07) is 4.67. The van der Waals surface area contributed by atoms with E-state index < -0.39 is 0 Å². The molecule has 1 N–H and O–H groups in total. The molecule has 1 fully saturated rings.